The van der Waals surface area contributed by atoms with Gasteiger partial charge in [-0.2, -0.15) is 0 Å². The molecule has 1 rings (SSSR count). The Balaban J connectivity index is 2.68. The van der Waals surface area contributed by atoms with Gasteiger partial charge in [-0.15, -0.1) is 0 Å². The minimum Gasteiger partial charge on any atom is -0.324 e. The molecule has 0 heterocycles. The van der Waals surface area contributed by atoms with E-state index in [-0.39, 0.29) is 6.04 Å². The SMILES string of the molecule is CCC(CC)CC(N)c1ccccc1Cl. The molecule has 1 aromatic rings. The smallest absolute Gasteiger partial charge is 0.0453 e. The monoisotopic (exact) mass is 225 g/mol. The molecule has 0 radical (unpaired) electrons. The molecule has 0 saturated carbocycles. The molecule has 0 aromatic heterocycles. The van der Waals surface area contributed by atoms with E-state index < -0.39 is 0 Å². The molecule has 2 heteroatoms. The maximum atomic E-state index is 6.16. The lowest BCUT2D eigenvalue weighted by Gasteiger charge is -2.19. The molecular weight excluding hydrogens is 206 g/mol. The summed E-state index contributed by atoms with van der Waals surface area (Å²) in [5.41, 5.74) is 7.24. The van der Waals surface area contributed by atoms with Crippen molar-refractivity contribution in [2.75, 3.05) is 0 Å². The van der Waals surface area contributed by atoms with Gasteiger partial charge in [0.15, 0.2) is 0 Å². The maximum Gasteiger partial charge on any atom is 0.0453 e. The highest BCUT2D eigenvalue weighted by Crippen LogP contribution is 2.27. The van der Waals surface area contributed by atoms with E-state index in [1.807, 2.05) is 24.3 Å². The van der Waals surface area contributed by atoms with Crippen LogP contribution in [0.4, 0.5) is 0 Å². The van der Waals surface area contributed by atoms with Crippen molar-refractivity contribution < 1.29 is 0 Å². The fourth-order valence-electron chi connectivity index (χ4n) is 1.88. The van der Waals surface area contributed by atoms with Gasteiger partial charge in [-0.05, 0) is 24.0 Å². The average Bonchev–Trinajstić information content (AvgIpc) is 2.26. The first-order valence-electron chi connectivity index (χ1n) is 5.69. The van der Waals surface area contributed by atoms with Crippen LogP contribution in [-0.2, 0) is 0 Å². The Morgan fingerprint density at radius 1 is 1.20 bits per heavy atom. The van der Waals surface area contributed by atoms with Gasteiger partial charge in [0, 0.05) is 11.1 Å². The fraction of sp³-hybridized carbons (Fsp3) is 0.538. The van der Waals surface area contributed by atoms with Gasteiger partial charge in [-0.25, -0.2) is 0 Å². The Morgan fingerprint density at radius 2 is 1.80 bits per heavy atom. The van der Waals surface area contributed by atoms with Crippen LogP contribution < -0.4 is 5.73 Å². The minimum atomic E-state index is 0.0728. The van der Waals surface area contributed by atoms with Crippen LogP contribution in [0, 0.1) is 5.92 Å². The van der Waals surface area contributed by atoms with Gasteiger partial charge in [-0.1, -0.05) is 56.5 Å². The highest BCUT2D eigenvalue weighted by Gasteiger charge is 2.13. The number of benzene rings is 1. The molecular formula is C13H20ClN. The van der Waals surface area contributed by atoms with Gasteiger partial charge >= 0.3 is 0 Å². The Labute approximate surface area is 97.6 Å². The molecule has 0 aliphatic rings. The van der Waals surface area contributed by atoms with Crippen LogP contribution in [0.2, 0.25) is 5.02 Å². The summed E-state index contributed by atoms with van der Waals surface area (Å²) in [6, 6.07) is 7.94. The molecule has 2 N–H and O–H groups in total. The molecule has 0 spiro atoms. The summed E-state index contributed by atoms with van der Waals surface area (Å²) in [7, 11) is 0. The first-order chi connectivity index (χ1) is 7.19. The van der Waals surface area contributed by atoms with Crippen molar-refractivity contribution >= 4 is 11.6 Å². The van der Waals surface area contributed by atoms with Crippen LogP contribution in [-0.4, -0.2) is 0 Å². The molecule has 0 aliphatic carbocycles. The highest BCUT2D eigenvalue weighted by molar-refractivity contribution is 6.31. The van der Waals surface area contributed by atoms with Gasteiger partial charge in [0.1, 0.15) is 0 Å². The molecule has 1 aromatic carbocycles. The van der Waals surface area contributed by atoms with Crippen molar-refractivity contribution in [3.05, 3.63) is 34.9 Å². The van der Waals surface area contributed by atoms with Crippen molar-refractivity contribution in [3.8, 4) is 0 Å². The molecule has 0 saturated heterocycles. The molecule has 0 aliphatic heterocycles. The number of hydrogen-bond donors (Lipinski definition) is 1. The Kier molecular flexibility index (Phi) is 5.13. The molecule has 15 heavy (non-hydrogen) atoms. The Hall–Kier alpha value is -0.530. The summed E-state index contributed by atoms with van der Waals surface area (Å²) in [6.07, 6.45) is 3.40. The predicted molar refractivity (Wildman–Crippen MR) is 67.1 cm³/mol. The molecule has 1 nitrogen and oxygen atoms in total. The summed E-state index contributed by atoms with van der Waals surface area (Å²) < 4.78 is 0. The summed E-state index contributed by atoms with van der Waals surface area (Å²) in [4.78, 5) is 0. The van der Waals surface area contributed by atoms with Crippen LogP contribution in [0.1, 0.15) is 44.7 Å². The van der Waals surface area contributed by atoms with Crippen LogP contribution in [0.15, 0.2) is 24.3 Å². The topological polar surface area (TPSA) is 26.0 Å². The zero-order valence-corrected chi connectivity index (χ0v) is 10.3. The van der Waals surface area contributed by atoms with Gasteiger partial charge < -0.3 is 5.73 Å². The Bertz CT molecular complexity index is 294. The Morgan fingerprint density at radius 3 is 2.33 bits per heavy atom. The summed E-state index contributed by atoms with van der Waals surface area (Å²) >= 11 is 6.11. The zero-order chi connectivity index (χ0) is 11.3. The van der Waals surface area contributed by atoms with Crippen molar-refractivity contribution in [1.29, 1.82) is 0 Å². The first-order valence-corrected chi connectivity index (χ1v) is 6.06. The number of nitrogens with two attached hydrogens (primary N) is 1. The van der Waals surface area contributed by atoms with E-state index in [1.54, 1.807) is 0 Å². The van der Waals surface area contributed by atoms with Crippen LogP contribution in [0.5, 0.6) is 0 Å². The third-order valence-electron chi connectivity index (χ3n) is 3.05. The number of rotatable bonds is 5. The molecule has 84 valence electrons. The highest BCUT2D eigenvalue weighted by atomic mass is 35.5. The summed E-state index contributed by atoms with van der Waals surface area (Å²) in [6.45, 7) is 4.43. The average molecular weight is 226 g/mol. The van der Waals surface area contributed by atoms with Gasteiger partial charge in [0.05, 0.1) is 0 Å². The third kappa shape index (κ3) is 3.51. The maximum absolute atomic E-state index is 6.16. The van der Waals surface area contributed by atoms with E-state index in [2.05, 4.69) is 13.8 Å². The van der Waals surface area contributed by atoms with Crippen LogP contribution in [0.25, 0.3) is 0 Å². The lowest BCUT2D eigenvalue weighted by molar-refractivity contribution is 0.415. The van der Waals surface area contributed by atoms with Crippen molar-refractivity contribution in [1.82, 2.24) is 0 Å². The van der Waals surface area contributed by atoms with Gasteiger partial charge in [0.2, 0.25) is 0 Å². The second kappa shape index (κ2) is 6.14. The van der Waals surface area contributed by atoms with Crippen molar-refractivity contribution in [2.24, 2.45) is 11.7 Å². The van der Waals surface area contributed by atoms with Crippen molar-refractivity contribution in [3.63, 3.8) is 0 Å². The van der Waals surface area contributed by atoms with Crippen LogP contribution >= 0.6 is 11.6 Å². The van der Waals surface area contributed by atoms with Gasteiger partial charge in [-0.3, -0.25) is 0 Å². The second-order valence-corrected chi connectivity index (χ2v) is 4.45. The summed E-state index contributed by atoms with van der Waals surface area (Å²) in [5.74, 6) is 0.705. The van der Waals surface area contributed by atoms with E-state index >= 15 is 0 Å². The van der Waals surface area contributed by atoms with E-state index in [1.165, 1.54) is 12.8 Å². The normalized spacial score (nSPS) is 13.1. The quantitative estimate of drug-likeness (QED) is 0.800. The third-order valence-corrected chi connectivity index (χ3v) is 3.39. The van der Waals surface area contributed by atoms with E-state index in [4.69, 9.17) is 17.3 Å². The minimum absolute atomic E-state index is 0.0728. The lowest BCUT2D eigenvalue weighted by atomic mass is 9.92. The standard InChI is InChI=1S/C13H20ClN/c1-3-10(4-2)9-13(15)11-7-5-6-8-12(11)14/h5-8,10,13H,3-4,9,15H2,1-2H3. The van der Waals surface area contributed by atoms with Crippen LogP contribution in [0.3, 0.4) is 0 Å². The molecule has 0 amide bonds. The van der Waals surface area contributed by atoms with Crippen molar-refractivity contribution in [2.45, 2.75) is 39.2 Å². The van der Waals surface area contributed by atoms with E-state index in [0.717, 1.165) is 17.0 Å². The summed E-state index contributed by atoms with van der Waals surface area (Å²) in [5, 5.41) is 0.788. The predicted octanol–water partition coefficient (Wildman–Crippen LogP) is 4.17. The fourth-order valence-corrected chi connectivity index (χ4v) is 2.16. The van der Waals surface area contributed by atoms with E-state index in [0.29, 0.717) is 5.92 Å². The zero-order valence-electron chi connectivity index (χ0n) is 9.54. The van der Waals surface area contributed by atoms with E-state index in [9.17, 15) is 0 Å². The first kappa shape index (κ1) is 12.5. The largest absolute Gasteiger partial charge is 0.324 e. The molecule has 0 fully saturated rings. The molecule has 0 bridgehead atoms. The number of hydrogen-bond acceptors (Lipinski definition) is 1. The second-order valence-electron chi connectivity index (χ2n) is 4.05. The lowest BCUT2D eigenvalue weighted by Crippen LogP contribution is -2.15. The van der Waals surface area contributed by atoms with Gasteiger partial charge in [0.25, 0.3) is 0 Å². The number of halogens is 1. The molecule has 1 unspecified atom stereocenters. The molecule has 1 atom stereocenters.